The van der Waals surface area contributed by atoms with Crippen LogP contribution < -0.4 is 19.4 Å². The summed E-state index contributed by atoms with van der Waals surface area (Å²) in [5.41, 5.74) is 5.27. The van der Waals surface area contributed by atoms with Gasteiger partial charge in [-0.2, -0.15) is 0 Å². The Hall–Kier alpha value is -3.31. The van der Waals surface area contributed by atoms with Crippen LogP contribution in [0.1, 0.15) is 24.1 Å². The molecule has 5 heteroatoms. The minimum atomic E-state index is -0.242. The number of carbonyl (C=O) groups is 1. The van der Waals surface area contributed by atoms with Crippen molar-refractivity contribution in [1.29, 1.82) is 0 Å². The Morgan fingerprint density at radius 2 is 1.29 bits per heavy atom. The number of quaternary nitrogens is 1. The molecule has 1 unspecified atom stereocenters. The maximum Gasteiger partial charge on any atom is 0.224 e. The number of ether oxygens (including phenoxy) is 1. The van der Waals surface area contributed by atoms with Crippen LogP contribution in [0.4, 0.5) is 17.1 Å². The molecule has 0 aliphatic carbocycles. The number of hydrogen-bond donors (Lipinski definition) is 1. The lowest BCUT2D eigenvalue weighted by atomic mass is 9.95. The van der Waals surface area contributed by atoms with Gasteiger partial charge < -0.3 is 19.4 Å². The molecule has 1 N–H and O–H groups in total. The molecule has 0 fully saturated rings. The monoisotopic (exact) mass is 418 g/mol. The minimum Gasteiger partial charge on any atom is -0.497 e. The average molecular weight is 419 g/mol. The van der Waals surface area contributed by atoms with Crippen LogP contribution in [0.5, 0.6) is 5.75 Å². The zero-order valence-electron chi connectivity index (χ0n) is 19.2. The van der Waals surface area contributed by atoms with Crippen LogP contribution in [-0.2, 0) is 4.79 Å². The molecule has 0 saturated heterocycles. The fraction of sp³-hybridized carbons (Fsp3) is 0.269. The summed E-state index contributed by atoms with van der Waals surface area (Å²) in [6, 6.07) is 24.3. The van der Waals surface area contributed by atoms with E-state index >= 15 is 0 Å². The Bertz CT molecular complexity index is 943. The number of benzene rings is 3. The van der Waals surface area contributed by atoms with Gasteiger partial charge in [-0.05, 0) is 59.7 Å². The molecule has 1 atom stereocenters. The molecule has 0 bridgehead atoms. The summed E-state index contributed by atoms with van der Waals surface area (Å²) in [5, 5.41) is 0. The first-order valence-corrected chi connectivity index (χ1v) is 10.4. The Morgan fingerprint density at radius 3 is 1.71 bits per heavy atom. The van der Waals surface area contributed by atoms with E-state index in [0.717, 1.165) is 28.3 Å². The van der Waals surface area contributed by atoms with Crippen LogP contribution >= 0.6 is 0 Å². The third kappa shape index (κ3) is 5.06. The van der Waals surface area contributed by atoms with Gasteiger partial charge in [-0.3, -0.25) is 4.79 Å². The van der Waals surface area contributed by atoms with Crippen LogP contribution in [0.3, 0.4) is 0 Å². The van der Waals surface area contributed by atoms with Gasteiger partial charge in [-0.1, -0.05) is 24.3 Å². The lowest BCUT2D eigenvalue weighted by Crippen LogP contribution is -3.00. The molecule has 0 aromatic heterocycles. The van der Waals surface area contributed by atoms with E-state index in [-0.39, 0.29) is 11.9 Å². The zero-order valence-corrected chi connectivity index (χ0v) is 19.2. The molecule has 0 aliphatic rings. The molecule has 0 aliphatic heterocycles. The standard InChI is InChI=1S/C26H31N3O2/c1-19(30)29(24-15-17-25(31-6)18-16-24)26(20-7-11-22(12-8-20)27(2)3)21-9-13-23(14-10-21)28(4)5/h7-18,26H,1-6H3/p+1. The van der Waals surface area contributed by atoms with E-state index in [0.29, 0.717) is 0 Å². The maximum atomic E-state index is 12.9. The van der Waals surface area contributed by atoms with Crippen LogP contribution in [-0.4, -0.2) is 41.2 Å². The van der Waals surface area contributed by atoms with Crippen molar-refractivity contribution >= 4 is 23.0 Å². The Morgan fingerprint density at radius 1 is 0.806 bits per heavy atom. The highest BCUT2D eigenvalue weighted by Gasteiger charge is 2.26. The van der Waals surface area contributed by atoms with E-state index in [4.69, 9.17) is 4.74 Å². The summed E-state index contributed by atoms with van der Waals surface area (Å²) in [6.45, 7) is 1.61. The van der Waals surface area contributed by atoms with Gasteiger partial charge in [0.15, 0.2) is 0 Å². The molecule has 0 spiro atoms. The number of carbonyl (C=O) groups excluding carboxylic acids is 1. The van der Waals surface area contributed by atoms with E-state index < -0.39 is 0 Å². The van der Waals surface area contributed by atoms with Gasteiger partial charge in [-0.25, -0.2) is 0 Å². The van der Waals surface area contributed by atoms with E-state index in [2.05, 4.69) is 67.5 Å². The van der Waals surface area contributed by atoms with E-state index in [1.54, 1.807) is 14.0 Å². The number of methoxy groups -OCH3 is 1. The highest BCUT2D eigenvalue weighted by Crippen LogP contribution is 2.35. The fourth-order valence-corrected chi connectivity index (χ4v) is 3.70. The van der Waals surface area contributed by atoms with Gasteiger partial charge in [0.2, 0.25) is 5.91 Å². The van der Waals surface area contributed by atoms with E-state index in [9.17, 15) is 4.79 Å². The fourth-order valence-electron chi connectivity index (χ4n) is 3.70. The lowest BCUT2D eigenvalue weighted by molar-refractivity contribution is -0.786. The quantitative estimate of drug-likeness (QED) is 0.636. The third-order valence-electron chi connectivity index (χ3n) is 5.48. The predicted octanol–water partition coefficient (Wildman–Crippen LogP) is 3.68. The van der Waals surface area contributed by atoms with Crippen LogP contribution in [0.15, 0.2) is 72.8 Å². The molecule has 31 heavy (non-hydrogen) atoms. The molecule has 0 radical (unpaired) electrons. The van der Waals surface area contributed by atoms with Crippen molar-refractivity contribution in [2.45, 2.75) is 13.0 Å². The number of nitrogens with one attached hydrogen (secondary N) is 1. The van der Waals surface area contributed by atoms with Crippen molar-refractivity contribution in [2.24, 2.45) is 0 Å². The lowest BCUT2D eigenvalue weighted by Gasteiger charge is -2.32. The second kappa shape index (κ2) is 9.67. The van der Waals surface area contributed by atoms with E-state index in [1.807, 2.05) is 43.3 Å². The molecule has 0 heterocycles. The molecule has 3 aromatic carbocycles. The molecule has 0 saturated carbocycles. The summed E-state index contributed by atoms with van der Waals surface area (Å²) in [7, 11) is 9.89. The van der Waals surface area contributed by atoms with Crippen molar-refractivity contribution in [1.82, 2.24) is 0 Å². The predicted molar refractivity (Wildman–Crippen MR) is 128 cm³/mol. The maximum absolute atomic E-state index is 12.9. The van der Waals surface area contributed by atoms with Crippen molar-refractivity contribution in [3.05, 3.63) is 83.9 Å². The Kier molecular flexibility index (Phi) is 6.98. The Labute approximate surface area is 185 Å². The molecule has 3 aromatic rings. The van der Waals surface area contributed by atoms with Gasteiger partial charge in [0.25, 0.3) is 0 Å². The first kappa shape index (κ1) is 22.4. The van der Waals surface area contributed by atoms with Crippen LogP contribution in [0.25, 0.3) is 0 Å². The first-order chi connectivity index (χ1) is 14.8. The molecule has 3 rings (SSSR count). The van der Waals surface area contributed by atoms with Gasteiger partial charge in [0.1, 0.15) is 11.4 Å². The first-order valence-electron chi connectivity index (χ1n) is 10.4. The summed E-state index contributed by atoms with van der Waals surface area (Å²) >= 11 is 0. The van der Waals surface area contributed by atoms with Crippen molar-refractivity contribution in [3.8, 4) is 5.75 Å². The highest BCUT2D eigenvalue weighted by atomic mass is 16.5. The van der Waals surface area contributed by atoms with Crippen molar-refractivity contribution in [2.75, 3.05) is 45.1 Å². The third-order valence-corrected chi connectivity index (χ3v) is 5.48. The summed E-state index contributed by atoms with van der Waals surface area (Å²) < 4.78 is 5.30. The number of amides is 1. The summed E-state index contributed by atoms with van der Waals surface area (Å²) in [5.74, 6) is 0.742. The molecule has 162 valence electrons. The smallest absolute Gasteiger partial charge is 0.224 e. The topological polar surface area (TPSA) is 37.2 Å². The SMILES string of the molecule is COc1ccc(N(C(C)=O)C(c2ccc(N(C)C)cc2)c2ccc([NH+](C)C)cc2)cc1. The second-order valence-corrected chi connectivity index (χ2v) is 8.10. The van der Waals surface area contributed by atoms with Crippen molar-refractivity contribution in [3.63, 3.8) is 0 Å². The minimum absolute atomic E-state index is 0.0193. The van der Waals surface area contributed by atoms with Crippen LogP contribution in [0.2, 0.25) is 0 Å². The number of nitrogens with zero attached hydrogens (tertiary/aromatic N) is 2. The number of hydrogen-bond acceptors (Lipinski definition) is 3. The number of rotatable bonds is 7. The van der Waals surface area contributed by atoms with Gasteiger partial charge >= 0.3 is 0 Å². The van der Waals surface area contributed by atoms with E-state index in [1.165, 1.54) is 10.6 Å². The molecule has 1 amide bonds. The van der Waals surface area contributed by atoms with Gasteiger partial charge in [-0.15, -0.1) is 0 Å². The highest BCUT2D eigenvalue weighted by molar-refractivity contribution is 5.93. The van der Waals surface area contributed by atoms with Crippen LogP contribution in [0, 0.1) is 0 Å². The summed E-state index contributed by atoms with van der Waals surface area (Å²) in [4.78, 5) is 18.1. The molecular formula is C26H32N3O2+. The normalized spacial score (nSPS) is 11.8. The summed E-state index contributed by atoms with van der Waals surface area (Å²) in [6.07, 6.45) is 0. The zero-order chi connectivity index (χ0) is 22.5. The molecular weight excluding hydrogens is 386 g/mol. The molecule has 5 nitrogen and oxygen atoms in total. The largest absolute Gasteiger partial charge is 0.497 e. The second-order valence-electron chi connectivity index (χ2n) is 8.10. The average Bonchev–Trinajstić information content (AvgIpc) is 2.77. The van der Waals surface area contributed by atoms with Gasteiger partial charge in [0, 0.05) is 32.4 Å². The Balaban J connectivity index is 2.12. The van der Waals surface area contributed by atoms with Gasteiger partial charge in [0.05, 0.1) is 27.2 Å². The van der Waals surface area contributed by atoms with Crippen molar-refractivity contribution < 1.29 is 14.4 Å². The number of anilines is 2.